The average molecular weight is 325 g/mol. The number of halogens is 1. The minimum Gasteiger partial charge on any atom is -0.489 e. The van der Waals surface area contributed by atoms with Crippen molar-refractivity contribution in [3.8, 4) is 11.5 Å². The summed E-state index contributed by atoms with van der Waals surface area (Å²) in [6.07, 6.45) is 4.57. The lowest BCUT2D eigenvalue weighted by atomic mass is 9.94. The molecule has 0 aromatic heterocycles. The van der Waals surface area contributed by atoms with E-state index in [1.54, 1.807) is 0 Å². The van der Waals surface area contributed by atoms with Crippen molar-refractivity contribution in [2.24, 2.45) is 11.7 Å². The topological polar surface area (TPSA) is 47.7 Å². The zero-order chi connectivity index (χ0) is 15.4. The highest BCUT2D eigenvalue weighted by atomic mass is 35.5. The van der Waals surface area contributed by atoms with Crippen molar-refractivity contribution in [2.75, 3.05) is 32.8 Å². The SMILES string of the molecule is NCCC1CCCN(Cc2cc(Cl)c3c(c2)OCCCO3)C1. The van der Waals surface area contributed by atoms with Crippen LogP contribution < -0.4 is 15.2 Å². The Kier molecular flexibility index (Phi) is 5.45. The summed E-state index contributed by atoms with van der Waals surface area (Å²) in [6, 6.07) is 4.10. The molecular weight excluding hydrogens is 300 g/mol. The fraction of sp³-hybridized carbons (Fsp3) is 0.647. The molecule has 22 heavy (non-hydrogen) atoms. The molecule has 0 amide bonds. The van der Waals surface area contributed by atoms with Crippen LogP contribution in [0.5, 0.6) is 11.5 Å². The van der Waals surface area contributed by atoms with Crippen LogP contribution in [0.2, 0.25) is 5.02 Å². The Balaban J connectivity index is 1.70. The normalized spacial score (nSPS) is 22.4. The second kappa shape index (κ2) is 7.53. The highest BCUT2D eigenvalue weighted by molar-refractivity contribution is 6.32. The number of hydrogen-bond acceptors (Lipinski definition) is 4. The molecule has 2 N–H and O–H groups in total. The first-order chi connectivity index (χ1) is 10.8. The molecular formula is C17H25ClN2O2. The summed E-state index contributed by atoms with van der Waals surface area (Å²) < 4.78 is 11.5. The summed E-state index contributed by atoms with van der Waals surface area (Å²) in [5, 5.41) is 0.657. The highest BCUT2D eigenvalue weighted by Gasteiger charge is 2.21. The zero-order valence-electron chi connectivity index (χ0n) is 13.0. The molecule has 0 bridgehead atoms. The van der Waals surface area contributed by atoms with Crippen molar-refractivity contribution < 1.29 is 9.47 Å². The number of nitrogens with two attached hydrogens (primary N) is 1. The number of fused-ring (bicyclic) bond motifs is 1. The minimum atomic E-state index is 0.657. The number of rotatable bonds is 4. The average Bonchev–Trinajstić information content (AvgIpc) is 2.74. The molecule has 5 heteroatoms. The smallest absolute Gasteiger partial charge is 0.179 e. The van der Waals surface area contributed by atoms with Gasteiger partial charge < -0.3 is 15.2 Å². The van der Waals surface area contributed by atoms with Gasteiger partial charge >= 0.3 is 0 Å². The molecule has 4 nitrogen and oxygen atoms in total. The molecule has 1 unspecified atom stereocenters. The summed E-state index contributed by atoms with van der Waals surface area (Å²) in [5.41, 5.74) is 6.90. The molecule has 3 rings (SSSR count). The monoisotopic (exact) mass is 324 g/mol. The van der Waals surface area contributed by atoms with Crippen LogP contribution in [0.4, 0.5) is 0 Å². The van der Waals surface area contributed by atoms with E-state index in [9.17, 15) is 0 Å². The number of benzene rings is 1. The van der Waals surface area contributed by atoms with Crippen molar-refractivity contribution in [1.29, 1.82) is 0 Å². The lowest BCUT2D eigenvalue weighted by molar-refractivity contribution is 0.163. The number of ether oxygens (including phenoxy) is 2. The lowest BCUT2D eigenvalue weighted by Crippen LogP contribution is -2.35. The first-order valence-corrected chi connectivity index (χ1v) is 8.64. The van der Waals surface area contributed by atoms with Crippen LogP contribution in [0.3, 0.4) is 0 Å². The molecule has 2 aliphatic rings. The van der Waals surface area contributed by atoms with Gasteiger partial charge in [0.1, 0.15) is 0 Å². The van der Waals surface area contributed by atoms with Gasteiger partial charge in [-0.15, -0.1) is 0 Å². The Bertz CT molecular complexity index is 508. The van der Waals surface area contributed by atoms with Crippen LogP contribution in [0.15, 0.2) is 12.1 Å². The van der Waals surface area contributed by atoms with Gasteiger partial charge in [-0.3, -0.25) is 4.90 Å². The minimum absolute atomic E-state index is 0.657. The molecule has 1 saturated heterocycles. The Morgan fingerprint density at radius 3 is 2.95 bits per heavy atom. The van der Waals surface area contributed by atoms with E-state index in [0.29, 0.717) is 24.0 Å². The quantitative estimate of drug-likeness (QED) is 0.924. The molecule has 0 aliphatic carbocycles. The van der Waals surface area contributed by atoms with Crippen LogP contribution in [0.25, 0.3) is 0 Å². The summed E-state index contributed by atoms with van der Waals surface area (Å²) in [5.74, 6) is 2.22. The maximum Gasteiger partial charge on any atom is 0.179 e. The van der Waals surface area contributed by atoms with E-state index < -0.39 is 0 Å². The predicted octanol–water partition coefficient (Wildman–Crippen LogP) is 3.06. The predicted molar refractivity (Wildman–Crippen MR) is 88.7 cm³/mol. The van der Waals surface area contributed by atoms with Gasteiger partial charge in [0.05, 0.1) is 18.2 Å². The summed E-state index contributed by atoms with van der Waals surface area (Å²) in [7, 11) is 0. The van der Waals surface area contributed by atoms with Gasteiger partial charge in [-0.2, -0.15) is 0 Å². The van der Waals surface area contributed by atoms with Gasteiger partial charge in [0.2, 0.25) is 0 Å². The van der Waals surface area contributed by atoms with Gasteiger partial charge in [0.15, 0.2) is 11.5 Å². The third-order valence-corrected chi connectivity index (χ3v) is 4.73. The second-order valence-electron chi connectivity index (χ2n) is 6.28. The van der Waals surface area contributed by atoms with Gasteiger partial charge in [0, 0.05) is 19.5 Å². The van der Waals surface area contributed by atoms with Crippen molar-refractivity contribution in [1.82, 2.24) is 4.90 Å². The summed E-state index contributed by atoms with van der Waals surface area (Å²) in [6.45, 7) is 5.33. The van der Waals surface area contributed by atoms with E-state index in [4.69, 9.17) is 26.8 Å². The lowest BCUT2D eigenvalue weighted by Gasteiger charge is -2.32. The maximum absolute atomic E-state index is 6.38. The first kappa shape index (κ1) is 15.9. The number of likely N-dealkylation sites (tertiary alicyclic amines) is 1. The molecule has 1 atom stereocenters. The van der Waals surface area contributed by atoms with Gasteiger partial charge in [-0.25, -0.2) is 0 Å². The van der Waals surface area contributed by atoms with E-state index in [-0.39, 0.29) is 0 Å². The third kappa shape index (κ3) is 3.86. The van der Waals surface area contributed by atoms with Crippen molar-refractivity contribution in [3.05, 3.63) is 22.7 Å². The fourth-order valence-electron chi connectivity index (χ4n) is 3.40. The maximum atomic E-state index is 6.38. The van der Waals surface area contributed by atoms with E-state index in [1.165, 1.54) is 18.4 Å². The first-order valence-electron chi connectivity index (χ1n) is 8.26. The second-order valence-corrected chi connectivity index (χ2v) is 6.68. The van der Waals surface area contributed by atoms with Crippen LogP contribution >= 0.6 is 11.6 Å². The van der Waals surface area contributed by atoms with E-state index >= 15 is 0 Å². The Hall–Kier alpha value is -0.970. The van der Waals surface area contributed by atoms with Crippen molar-refractivity contribution in [3.63, 3.8) is 0 Å². The number of hydrogen-bond donors (Lipinski definition) is 1. The molecule has 1 aromatic rings. The third-order valence-electron chi connectivity index (χ3n) is 4.45. The van der Waals surface area contributed by atoms with Gasteiger partial charge in [-0.05, 0) is 56.0 Å². The van der Waals surface area contributed by atoms with Crippen molar-refractivity contribution >= 4 is 11.6 Å². The molecule has 1 fully saturated rings. The molecule has 0 radical (unpaired) electrons. The molecule has 2 aliphatic heterocycles. The van der Waals surface area contributed by atoms with E-state index in [1.807, 2.05) is 6.07 Å². The summed E-state index contributed by atoms with van der Waals surface area (Å²) in [4.78, 5) is 2.50. The molecule has 2 heterocycles. The highest BCUT2D eigenvalue weighted by Crippen LogP contribution is 2.38. The summed E-state index contributed by atoms with van der Waals surface area (Å²) >= 11 is 6.38. The Labute approximate surface area is 137 Å². The van der Waals surface area contributed by atoms with Crippen molar-refractivity contribution in [2.45, 2.75) is 32.2 Å². The standard InChI is InChI=1S/C17H25ClN2O2/c18-15-9-14(10-16-17(15)22-8-2-7-21-16)12-20-6-1-3-13(11-20)4-5-19/h9-10,13H,1-8,11-12,19H2. The van der Waals surface area contributed by atoms with E-state index in [2.05, 4.69) is 11.0 Å². The van der Waals surface area contributed by atoms with Crippen LogP contribution in [-0.4, -0.2) is 37.7 Å². The molecule has 122 valence electrons. The van der Waals surface area contributed by atoms with Crippen LogP contribution in [0, 0.1) is 5.92 Å². The number of nitrogens with zero attached hydrogens (tertiary/aromatic N) is 1. The number of piperidine rings is 1. The Morgan fingerprint density at radius 1 is 1.23 bits per heavy atom. The largest absolute Gasteiger partial charge is 0.489 e. The molecule has 1 aromatic carbocycles. The molecule has 0 spiro atoms. The van der Waals surface area contributed by atoms with Crippen LogP contribution in [0.1, 0.15) is 31.2 Å². The van der Waals surface area contributed by atoms with E-state index in [0.717, 1.165) is 50.7 Å². The van der Waals surface area contributed by atoms with Gasteiger partial charge in [0.25, 0.3) is 0 Å². The Morgan fingerprint density at radius 2 is 2.09 bits per heavy atom. The van der Waals surface area contributed by atoms with Gasteiger partial charge in [-0.1, -0.05) is 11.6 Å². The fourth-order valence-corrected chi connectivity index (χ4v) is 3.69. The molecule has 0 saturated carbocycles. The zero-order valence-corrected chi connectivity index (χ0v) is 13.8. The van der Waals surface area contributed by atoms with Crippen LogP contribution in [-0.2, 0) is 6.54 Å².